The third kappa shape index (κ3) is 6.67. The lowest BCUT2D eigenvalue weighted by Gasteiger charge is -2.38. The van der Waals surface area contributed by atoms with E-state index in [-0.39, 0.29) is 0 Å². The highest BCUT2D eigenvalue weighted by atomic mass is 35.5. The Balaban J connectivity index is 1.56. The first kappa shape index (κ1) is 25.8. The molecule has 1 unspecified atom stereocenters. The summed E-state index contributed by atoms with van der Waals surface area (Å²) in [6, 6.07) is 6.93. The van der Waals surface area contributed by atoms with E-state index >= 15 is 0 Å². The van der Waals surface area contributed by atoms with E-state index in [4.69, 9.17) is 16.7 Å². The molecule has 6 heteroatoms. The molecule has 0 bridgehead atoms. The van der Waals surface area contributed by atoms with Crippen molar-refractivity contribution in [3.05, 3.63) is 23.2 Å². The van der Waals surface area contributed by atoms with E-state index in [1.807, 2.05) is 6.07 Å². The number of piperidine rings is 2. The number of aromatic nitrogens is 2. The number of aryl methyl sites for hydroxylation is 1. The third-order valence-electron chi connectivity index (χ3n) is 7.79. The molecule has 0 N–H and O–H groups in total. The minimum absolute atomic E-state index is 0.601. The van der Waals surface area contributed by atoms with E-state index in [1.54, 1.807) is 0 Å². The molecule has 2 aliphatic heterocycles. The number of rotatable bonds is 11. The standard InChI is InChI=1S/C28H46ClN5/c1-23(2)12-6-11-20-34(32-18-9-5-10-19-32)28-26-22-25(29)13-14-27(26)33(30-28)21-15-24(3)31-16-7-4-8-17-31/h13-14,22-24H,4-12,15-21H2,1-3H3. The van der Waals surface area contributed by atoms with Crippen LogP contribution in [0.15, 0.2) is 18.2 Å². The fourth-order valence-electron chi connectivity index (χ4n) is 5.66. The van der Waals surface area contributed by atoms with Crippen LogP contribution >= 0.6 is 11.6 Å². The molecule has 4 rings (SSSR count). The predicted molar refractivity (Wildman–Crippen MR) is 146 cm³/mol. The van der Waals surface area contributed by atoms with Crippen molar-refractivity contribution in [2.75, 3.05) is 37.7 Å². The molecule has 2 aromatic rings. The van der Waals surface area contributed by atoms with Gasteiger partial charge in [-0.1, -0.05) is 51.1 Å². The first-order chi connectivity index (χ1) is 16.5. The van der Waals surface area contributed by atoms with Crippen LogP contribution in [0, 0.1) is 5.92 Å². The maximum atomic E-state index is 6.51. The van der Waals surface area contributed by atoms with Gasteiger partial charge in [-0.05, 0) is 82.7 Å². The molecule has 0 spiro atoms. The van der Waals surface area contributed by atoms with Crippen LogP contribution in [0.25, 0.3) is 10.9 Å². The Morgan fingerprint density at radius 2 is 1.62 bits per heavy atom. The molecule has 3 heterocycles. The van der Waals surface area contributed by atoms with E-state index in [9.17, 15) is 0 Å². The van der Waals surface area contributed by atoms with Crippen molar-refractivity contribution < 1.29 is 0 Å². The summed E-state index contributed by atoms with van der Waals surface area (Å²) >= 11 is 6.51. The van der Waals surface area contributed by atoms with Crippen LogP contribution in [0.4, 0.5) is 5.82 Å². The Labute approximate surface area is 212 Å². The highest BCUT2D eigenvalue weighted by Crippen LogP contribution is 2.32. The smallest absolute Gasteiger partial charge is 0.172 e. The number of hydrazine groups is 1. The van der Waals surface area contributed by atoms with Gasteiger partial charge in [-0.15, -0.1) is 0 Å². The molecule has 190 valence electrons. The minimum Gasteiger partial charge on any atom is -0.301 e. The Hall–Kier alpha value is -1.30. The van der Waals surface area contributed by atoms with Crippen molar-refractivity contribution in [3.63, 3.8) is 0 Å². The van der Waals surface area contributed by atoms with Gasteiger partial charge < -0.3 is 4.90 Å². The fourth-order valence-corrected chi connectivity index (χ4v) is 5.83. The number of hydrogen-bond acceptors (Lipinski definition) is 4. The van der Waals surface area contributed by atoms with Gasteiger partial charge in [-0.25, -0.2) is 5.01 Å². The number of likely N-dealkylation sites (tertiary alicyclic amines) is 1. The van der Waals surface area contributed by atoms with E-state index in [1.165, 1.54) is 81.8 Å². The number of hydrogen-bond donors (Lipinski definition) is 0. The van der Waals surface area contributed by atoms with Crippen molar-refractivity contribution in [2.24, 2.45) is 5.92 Å². The van der Waals surface area contributed by atoms with E-state index in [2.05, 4.69) is 52.5 Å². The number of unbranched alkanes of at least 4 members (excludes halogenated alkanes) is 1. The lowest BCUT2D eigenvalue weighted by molar-refractivity contribution is 0.162. The highest BCUT2D eigenvalue weighted by Gasteiger charge is 2.24. The third-order valence-corrected chi connectivity index (χ3v) is 8.02. The van der Waals surface area contributed by atoms with Crippen LogP contribution in [0.5, 0.6) is 0 Å². The first-order valence-corrected chi connectivity index (χ1v) is 14.3. The van der Waals surface area contributed by atoms with Crippen LogP contribution in [-0.4, -0.2) is 58.5 Å². The van der Waals surface area contributed by atoms with Crippen LogP contribution < -0.4 is 5.01 Å². The second kappa shape index (κ2) is 12.6. The van der Waals surface area contributed by atoms with Crippen LogP contribution in [0.2, 0.25) is 5.02 Å². The summed E-state index contributed by atoms with van der Waals surface area (Å²) in [7, 11) is 0. The molecular formula is C28H46ClN5. The summed E-state index contributed by atoms with van der Waals surface area (Å²) in [5.41, 5.74) is 1.22. The van der Waals surface area contributed by atoms with Gasteiger partial charge >= 0.3 is 0 Å². The Kier molecular flexibility index (Phi) is 9.55. The van der Waals surface area contributed by atoms with Gasteiger partial charge in [0.2, 0.25) is 0 Å². The largest absolute Gasteiger partial charge is 0.301 e. The molecule has 1 atom stereocenters. The van der Waals surface area contributed by atoms with Crippen LogP contribution in [0.1, 0.15) is 85.0 Å². The summed E-state index contributed by atoms with van der Waals surface area (Å²) in [5.74, 6) is 1.87. The molecule has 34 heavy (non-hydrogen) atoms. The molecule has 0 radical (unpaired) electrons. The lowest BCUT2D eigenvalue weighted by atomic mass is 10.1. The topological polar surface area (TPSA) is 27.5 Å². The van der Waals surface area contributed by atoms with Gasteiger partial charge in [0.1, 0.15) is 0 Å². The van der Waals surface area contributed by atoms with Gasteiger partial charge in [0.15, 0.2) is 5.82 Å². The van der Waals surface area contributed by atoms with Crippen LogP contribution in [-0.2, 0) is 6.54 Å². The molecule has 0 saturated carbocycles. The quantitative estimate of drug-likeness (QED) is 0.319. The second-order valence-electron chi connectivity index (χ2n) is 11.0. The number of fused-ring (bicyclic) bond motifs is 1. The summed E-state index contributed by atoms with van der Waals surface area (Å²) in [5, 5.41) is 12.3. The van der Waals surface area contributed by atoms with Gasteiger partial charge in [0.25, 0.3) is 0 Å². The monoisotopic (exact) mass is 487 g/mol. The maximum Gasteiger partial charge on any atom is 0.172 e. The van der Waals surface area contributed by atoms with Gasteiger partial charge in [-0.3, -0.25) is 9.69 Å². The summed E-state index contributed by atoms with van der Waals surface area (Å²) < 4.78 is 2.26. The van der Waals surface area contributed by atoms with E-state index in [0.29, 0.717) is 6.04 Å². The SMILES string of the molecule is CC(C)CCCCN(c1nn(CCC(C)N2CCCCC2)c2ccc(Cl)cc12)N1CCCCC1. The van der Waals surface area contributed by atoms with Gasteiger partial charge in [0.05, 0.1) is 5.52 Å². The van der Waals surface area contributed by atoms with E-state index < -0.39 is 0 Å². The fraction of sp³-hybridized carbons (Fsp3) is 0.750. The van der Waals surface area contributed by atoms with Crippen molar-refractivity contribution in [1.29, 1.82) is 0 Å². The summed E-state index contributed by atoms with van der Waals surface area (Å²) in [6.45, 7) is 13.8. The molecule has 5 nitrogen and oxygen atoms in total. The van der Waals surface area contributed by atoms with Crippen LogP contribution in [0.3, 0.4) is 0 Å². The Morgan fingerprint density at radius 3 is 2.32 bits per heavy atom. The van der Waals surface area contributed by atoms with Crippen molar-refractivity contribution in [1.82, 2.24) is 19.7 Å². The normalized spacial score (nSPS) is 19.2. The summed E-state index contributed by atoms with van der Waals surface area (Å²) in [4.78, 5) is 2.67. The number of anilines is 1. The Morgan fingerprint density at radius 1 is 0.912 bits per heavy atom. The zero-order chi connectivity index (χ0) is 23.9. The molecule has 1 aromatic carbocycles. The molecular weight excluding hydrogens is 442 g/mol. The summed E-state index contributed by atoms with van der Waals surface area (Å²) in [6.07, 6.45) is 12.9. The number of nitrogens with zero attached hydrogens (tertiary/aromatic N) is 5. The lowest BCUT2D eigenvalue weighted by Crippen LogP contribution is -2.46. The van der Waals surface area contributed by atoms with Crippen molar-refractivity contribution in [2.45, 2.75) is 97.6 Å². The highest BCUT2D eigenvalue weighted by molar-refractivity contribution is 6.31. The van der Waals surface area contributed by atoms with Gasteiger partial charge in [-0.2, -0.15) is 5.10 Å². The second-order valence-corrected chi connectivity index (χ2v) is 11.4. The molecule has 1 aromatic heterocycles. The van der Waals surface area contributed by atoms with Crippen molar-refractivity contribution >= 4 is 28.3 Å². The zero-order valence-corrected chi connectivity index (χ0v) is 22.6. The molecule has 2 aliphatic rings. The number of halogens is 1. The van der Waals surface area contributed by atoms with Gasteiger partial charge in [0, 0.05) is 42.6 Å². The minimum atomic E-state index is 0.601. The number of benzene rings is 1. The Bertz CT molecular complexity index is 882. The molecule has 0 amide bonds. The zero-order valence-electron chi connectivity index (χ0n) is 21.8. The average molecular weight is 488 g/mol. The molecule has 0 aliphatic carbocycles. The average Bonchev–Trinajstić information content (AvgIpc) is 3.20. The van der Waals surface area contributed by atoms with Crippen molar-refractivity contribution in [3.8, 4) is 0 Å². The maximum absolute atomic E-state index is 6.51. The molecule has 2 fully saturated rings. The molecule has 2 saturated heterocycles. The van der Waals surface area contributed by atoms with E-state index in [0.717, 1.165) is 49.4 Å². The predicted octanol–water partition coefficient (Wildman–Crippen LogP) is 6.99. The first-order valence-electron chi connectivity index (χ1n) is 14.0.